The van der Waals surface area contributed by atoms with E-state index in [4.69, 9.17) is 11.6 Å². The van der Waals surface area contributed by atoms with E-state index in [0.29, 0.717) is 0 Å². The predicted molar refractivity (Wildman–Crippen MR) is 78.7 cm³/mol. The van der Waals surface area contributed by atoms with E-state index in [1.165, 1.54) is 46.3 Å². The molecule has 0 nitrogen and oxygen atoms in total. The summed E-state index contributed by atoms with van der Waals surface area (Å²) in [7, 11) is 0. The number of aryl methyl sites for hydroxylation is 1. The van der Waals surface area contributed by atoms with Gasteiger partial charge in [-0.1, -0.05) is 39.0 Å². The van der Waals surface area contributed by atoms with Crippen molar-refractivity contribution >= 4 is 38.9 Å². The van der Waals surface area contributed by atoms with Crippen LogP contribution in [0.5, 0.6) is 0 Å². The second-order valence-electron chi connectivity index (χ2n) is 4.28. The lowest BCUT2D eigenvalue weighted by atomic mass is 10.1. The maximum absolute atomic E-state index is 6.39. The number of halogens is 2. The molecule has 1 aromatic rings. The number of alkyl halides is 1. The van der Waals surface area contributed by atoms with Gasteiger partial charge in [0.05, 0.1) is 9.16 Å². The number of thiophene rings is 1. The highest BCUT2D eigenvalue weighted by Gasteiger charge is 2.11. The van der Waals surface area contributed by atoms with Crippen molar-refractivity contribution in [3.8, 4) is 0 Å². The molecular weight excluding hydrogens is 304 g/mol. The summed E-state index contributed by atoms with van der Waals surface area (Å²) in [4.78, 5) is 1.31. The minimum absolute atomic E-state index is 0.205. The summed E-state index contributed by atoms with van der Waals surface area (Å²) in [5.74, 6) is 0. The van der Waals surface area contributed by atoms with Crippen molar-refractivity contribution in [2.75, 3.05) is 0 Å². The summed E-state index contributed by atoms with van der Waals surface area (Å²) >= 11 is 11.7. The smallest absolute Gasteiger partial charge is 0.0731 e. The summed E-state index contributed by atoms with van der Waals surface area (Å²) in [6.07, 6.45) is 7.70. The van der Waals surface area contributed by atoms with Gasteiger partial charge in [-0.25, -0.2) is 0 Å². The second kappa shape index (κ2) is 7.73. The van der Waals surface area contributed by atoms with Crippen LogP contribution in [-0.2, 0) is 0 Å². The number of rotatable bonds is 7. The maximum atomic E-state index is 6.39. The zero-order valence-electron chi connectivity index (χ0n) is 10.1. The Kier molecular flexibility index (Phi) is 7.02. The Hall–Kier alpha value is 0.470. The van der Waals surface area contributed by atoms with Crippen molar-refractivity contribution < 1.29 is 0 Å². The van der Waals surface area contributed by atoms with Crippen LogP contribution >= 0.6 is 38.9 Å². The average Bonchev–Trinajstić information content (AvgIpc) is 2.59. The average molecular weight is 324 g/mol. The summed E-state index contributed by atoms with van der Waals surface area (Å²) in [5.41, 5.74) is 1.30. The standard InChI is InChI=1S/C13H20BrClS/c1-3-4-5-6-7-8-11(15)12-9-10(2)13(14)16-12/h9,11H,3-8H2,1-2H3. The first-order valence-electron chi connectivity index (χ1n) is 6.05. The van der Waals surface area contributed by atoms with Gasteiger partial charge in [0.25, 0.3) is 0 Å². The minimum Gasteiger partial charge on any atom is -0.131 e. The Morgan fingerprint density at radius 2 is 2.00 bits per heavy atom. The third-order valence-corrected chi connectivity index (χ3v) is 5.58. The first kappa shape index (κ1) is 14.5. The molecule has 1 atom stereocenters. The highest BCUT2D eigenvalue weighted by molar-refractivity contribution is 9.11. The van der Waals surface area contributed by atoms with Crippen LogP contribution in [0.25, 0.3) is 0 Å². The van der Waals surface area contributed by atoms with E-state index in [1.807, 2.05) is 0 Å². The fourth-order valence-corrected chi connectivity index (χ4v) is 3.64. The Balaban J connectivity index is 2.27. The molecule has 1 aromatic heterocycles. The van der Waals surface area contributed by atoms with Crippen molar-refractivity contribution in [3.05, 3.63) is 20.3 Å². The Bertz CT molecular complexity index is 289. The summed E-state index contributed by atoms with van der Waals surface area (Å²) in [6, 6.07) is 2.21. The topological polar surface area (TPSA) is 0 Å². The van der Waals surface area contributed by atoms with Crippen molar-refractivity contribution in [1.29, 1.82) is 0 Å². The summed E-state index contributed by atoms with van der Waals surface area (Å²) < 4.78 is 1.22. The van der Waals surface area contributed by atoms with Gasteiger partial charge < -0.3 is 0 Å². The van der Waals surface area contributed by atoms with E-state index in [-0.39, 0.29) is 5.38 Å². The molecule has 0 amide bonds. The van der Waals surface area contributed by atoms with Gasteiger partial charge >= 0.3 is 0 Å². The van der Waals surface area contributed by atoms with Crippen molar-refractivity contribution in [2.45, 2.75) is 57.7 Å². The highest BCUT2D eigenvalue weighted by Crippen LogP contribution is 2.36. The normalized spacial score (nSPS) is 13.0. The Morgan fingerprint density at radius 1 is 1.31 bits per heavy atom. The van der Waals surface area contributed by atoms with Crippen LogP contribution in [0.2, 0.25) is 0 Å². The third-order valence-electron chi connectivity index (χ3n) is 2.75. The molecule has 1 heterocycles. The Morgan fingerprint density at radius 3 is 2.56 bits per heavy atom. The van der Waals surface area contributed by atoms with Crippen LogP contribution in [0.15, 0.2) is 9.85 Å². The zero-order valence-corrected chi connectivity index (χ0v) is 13.2. The summed E-state index contributed by atoms with van der Waals surface area (Å²) in [6.45, 7) is 4.37. The molecule has 0 spiro atoms. The van der Waals surface area contributed by atoms with E-state index >= 15 is 0 Å². The van der Waals surface area contributed by atoms with E-state index in [1.54, 1.807) is 11.3 Å². The second-order valence-corrected chi connectivity index (χ2v) is 7.20. The zero-order chi connectivity index (χ0) is 12.0. The molecule has 1 unspecified atom stereocenters. The molecule has 1 rings (SSSR count). The van der Waals surface area contributed by atoms with Crippen LogP contribution in [0.4, 0.5) is 0 Å². The van der Waals surface area contributed by atoms with Crippen molar-refractivity contribution in [3.63, 3.8) is 0 Å². The molecular formula is C13H20BrClS. The molecule has 0 aromatic carbocycles. The molecule has 0 saturated heterocycles. The summed E-state index contributed by atoms with van der Waals surface area (Å²) in [5, 5.41) is 0.205. The van der Waals surface area contributed by atoms with E-state index in [9.17, 15) is 0 Å². The van der Waals surface area contributed by atoms with Gasteiger partial charge in [0, 0.05) is 4.88 Å². The molecule has 0 bridgehead atoms. The predicted octanol–water partition coefficient (Wildman–Crippen LogP) is 6.46. The van der Waals surface area contributed by atoms with Gasteiger partial charge in [-0.05, 0) is 40.9 Å². The monoisotopic (exact) mass is 322 g/mol. The molecule has 0 aliphatic carbocycles. The molecule has 92 valence electrons. The molecule has 16 heavy (non-hydrogen) atoms. The maximum Gasteiger partial charge on any atom is 0.0731 e. The molecule has 0 N–H and O–H groups in total. The molecule has 0 aliphatic heterocycles. The molecule has 0 aliphatic rings. The highest BCUT2D eigenvalue weighted by atomic mass is 79.9. The largest absolute Gasteiger partial charge is 0.131 e. The molecule has 0 fully saturated rings. The number of hydrogen-bond acceptors (Lipinski definition) is 1. The van der Waals surface area contributed by atoms with Gasteiger partial charge in [-0.15, -0.1) is 22.9 Å². The third kappa shape index (κ3) is 4.77. The SMILES string of the molecule is CCCCCCCC(Cl)c1cc(C)c(Br)s1. The molecule has 0 saturated carbocycles. The van der Waals surface area contributed by atoms with Crippen LogP contribution in [0.1, 0.15) is 61.3 Å². The molecule has 0 radical (unpaired) electrons. The first-order valence-corrected chi connectivity index (χ1v) is 8.09. The van der Waals surface area contributed by atoms with Crippen LogP contribution < -0.4 is 0 Å². The van der Waals surface area contributed by atoms with Gasteiger partial charge in [-0.2, -0.15) is 0 Å². The van der Waals surface area contributed by atoms with Gasteiger partial charge in [0.15, 0.2) is 0 Å². The lowest BCUT2D eigenvalue weighted by molar-refractivity contribution is 0.603. The van der Waals surface area contributed by atoms with Crippen LogP contribution in [0, 0.1) is 6.92 Å². The fourth-order valence-electron chi connectivity index (χ4n) is 1.71. The van der Waals surface area contributed by atoms with Crippen molar-refractivity contribution in [2.24, 2.45) is 0 Å². The van der Waals surface area contributed by atoms with Crippen molar-refractivity contribution in [1.82, 2.24) is 0 Å². The van der Waals surface area contributed by atoms with Crippen LogP contribution in [-0.4, -0.2) is 0 Å². The van der Waals surface area contributed by atoms with Gasteiger partial charge in [-0.3, -0.25) is 0 Å². The van der Waals surface area contributed by atoms with Gasteiger partial charge in [0.1, 0.15) is 0 Å². The molecule has 3 heteroatoms. The Labute approximate surface area is 117 Å². The van der Waals surface area contributed by atoms with Crippen LogP contribution in [0.3, 0.4) is 0 Å². The number of hydrogen-bond donors (Lipinski definition) is 0. The number of unbranched alkanes of at least 4 members (excludes halogenated alkanes) is 4. The lowest BCUT2D eigenvalue weighted by Gasteiger charge is -2.06. The first-order chi connectivity index (χ1) is 7.65. The minimum atomic E-state index is 0.205. The lowest BCUT2D eigenvalue weighted by Crippen LogP contribution is -1.87. The fraction of sp³-hybridized carbons (Fsp3) is 0.692. The van der Waals surface area contributed by atoms with Gasteiger partial charge in [0.2, 0.25) is 0 Å². The van der Waals surface area contributed by atoms with E-state index in [0.717, 1.165) is 6.42 Å². The van der Waals surface area contributed by atoms with E-state index < -0.39 is 0 Å². The van der Waals surface area contributed by atoms with E-state index in [2.05, 4.69) is 35.8 Å². The quantitative estimate of drug-likeness (QED) is 0.399.